The van der Waals surface area contributed by atoms with Gasteiger partial charge in [0.15, 0.2) is 0 Å². The van der Waals surface area contributed by atoms with Crippen molar-refractivity contribution in [2.24, 2.45) is 11.1 Å². The maximum atomic E-state index is 13.0. The minimum Gasteiger partial charge on any atom is -0.322 e. The fraction of sp³-hybridized carbons (Fsp3) is 1.00. The lowest BCUT2D eigenvalue weighted by Crippen LogP contribution is -2.50. The van der Waals surface area contributed by atoms with E-state index in [2.05, 4.69) is 0 Å². The van der Waals surface area contributed by atoms with Gasteiger partial charge >= 0.3 is 0 Å². The van der Waals surface area contributed by atoms with Crippen molar-refractivity contribution in [3.8, 4) is 0 Å². The zero-order valence-electron chi connectivity index (χ0n) is 6.45. The Balaban J connectivity index is 2.16. The first kappa shape index (κ1) is 7.47. The normalized spacial score (nSPS) is 39.0. The highest BCUT2D eigenvalue weighted by Crippen LogP contribution is 2.58. The molecule has 0 bridgehead atoms. The molecule has 3 heteroatoms. The van der Waals surface area contributed by atoms with E-state index in [1.54, 1.807) is 0 Å². The quantitative estimate of drug-likeness (QED) is 0.577. The van der Waals surface area contributed by atoms with Crippen LogP contribution >= 0.6 is 0 Å². The van der Waals surface area contributed by atoms with Gasteiger partial charge in [0.05, 0.1) is 6.04 Å². The molecule has 0 radical (unpaired) electrons. The Kier molecular flexibility index (Phi) is 1.32. The summed E-state index contributed by atoms with van der Waals surface area (Å²) in [6.45, 7) is 0. The van der Waals surface area contributed by atoms with E-state index in [0.717, 1.165) is 19.3 Å². The van der Waals surface area contributed by atoms with Gasteiger partial charge in [-0.15, -0.1) is 0 Å². The Morgan fingerprint density at radius 3 is 2.18 bits per heavy atom. The summed E-state index contributed by atoms with van der Waals surface area (Å²) in [5.74, 6) is -2.59. The highest BCUT2D eigenvalue weighted by molar-refractivity contribution is 5.08. The molecule has 0 amide bonds. The lowest BCUT2D eigenvalue weighted by molar-refractivity contribution is -0.0781. The molecule has 2 fully saturated rings. The fourth-order valence-electron chi connectivity index (χ4n) is 2.16. The number of hydrogen-bond donors (Lipinski definition) is 1. The van der Waals surface area contributed by atoms with E-state index in [-0.39, 0.29) is 11.8 Å². The Morgan fingerprint density at radius 1 is 1.09 bits per heavy atom. The van der Waals surface area contributed by atoms with Gasteiger partial charge in [-0.05, 0) is 31.1 Å². The molecule has 1 spiro atoms. The van der Waals surface area contributed by atoms with Gasteiger partial charge in [0, 0.05) is 6.42 Å². The first-order chi connectivity index (χ1) is 5.07. The fourth-order valence-corrected chi connectivity index (χ4v) is 2.16. The summed E-state index contributed by atoms with van der Waals surface area (Å²) in [6.07, 6.45) is 3.41. The summed E-state index contributed by atoms with van der Waals surface area (Å²) in [6, 6.07) is -0.858. The maximum absolute atomic E-state index is 13.0. The molecule has 1 atom stereocenters. The molecule has 0 aliphatic heterocycles. The average molecular weight is 161 g/mol. The largest absolute Gasteiger partial charge is 0.322 e. The summed E-state index contributed by atoms with van der Waals surface area (Å²) in [7, 11) is 0. The van der Waals surface area contributed by atoms with Crippen LogP contribution < -0.4 is 5.73 Å². The van der Waals surface area contributed by atoms with Gasteiger partial charge in [-0.1, -0.05) is 0 Å². The Morgan fingerprint density at radius 2 is 1.73 bits per heavy atom. The third-order valence-corrected chi connectivity index (χ3v) is 3.19. The summed E-state index contributed by atoms with van der Waals surface area (Å²) < 4.78 is 26.0. The molecular weight excluding hydrogens is 148 g/mol. The van der Waals surface area contributed by atoms with Crippen molar-refractivity contribution in [3.63, 3.8) is 0 Å². The molecule has 0 aromatic heterocycles. The number of rotatable bonds is 0. The smallest absolute Gasteiger partial charge is 0.263 e. The molecule has 2 saturated carbocycles. The van der Waals surface area contributed by atoms with Crippen LogP contribution in [0.3, 0.4) is 0 Å². The van der Waals surface area contributed by atoms with Gasteiger partial charge in [0.25, 0.3) is 5.92 Å². The lowest BCUT2D eigenvalue weighted by Gasteiger charge is -2.35. The molecule has 64 valence electrons. The molecular formula is C8H13F2N. The number of nitrogens with two attached hydrogens (primary N) is 1. The van der Waals surface area contributed by atoms with E-state index in [1.165, 1.54) is 0 Å². The number of hydrogen-bond acceptors (Lipinski definition) is 1. The summed E-state index contributed by atoms with van der Waals surface area (Å²) in [4.78, 5) is 0. The second-order valence-corrected chi connectivity index (χ2v) is 3.95. The molecule has 1 nitrogen and oxygen atoms in total. The van der Waals surface area contributed by atoms with Gasteiger partial charge in [-0.3, -0.25) is 0 Å². The van der Waals surface area contributed by atoms with Crippen molar-refractivity contribution in [1.82, 2.24) is 0 Å². The predicted molar refractivity (Wildman–Crippen MR) is 38.4 cm³/mol. The molecule has 0 aromatic rings. The molecule has 2 aliphatic rings. The zero-order chi connectivity index (χ0) is 8.11. The van der Waals surface area contributed by atoms with E-state index in [1.807, 2.05) is 0 Å². The van der Waals surface area contributed by atoms with Crippen LogP contribution in [0.15, 0.2) is 0 Å². The molecule has 0 heterocycles. The molecule has 0 saturated heterocycles. The van der Waals surface area contributed by atoms with Gasteiger partial charge in [0.1, 0.15) is 0 Å². The third kappa shape index (κ3) is 0.975. The Hall–Kier alpha value is -0.180. The van der Waals surface area contributed by atoms with Crippen molar-refractivity contribution in [1.29, 1.82) is 0 Å². The van der Waals surface area contributed by atoms with Gasteiger partial charge in [0.2, 0.25) is 0 Å². The van der Waals surface area contributed by atoms with Crippen LogP contribution in [0.25, 0.3) is 0 Å². The van der Waals surface area contributed by atoms with E-state index in [0.29, 0.717) is 6.42 Å². The topological polar surface area (TPSA) is 26.0 Å². The molecule has 2 N–H and O–H groups in total. The highest BCUT2D eigenvalue weighted by Gasteiger charge is 2.59. The first-order valence-corrected chi connectivity index (χ1v) is 4.20. The summed E-state index contributed by atoms with van der Waals surface area (Å²) in [5, 5.41) is 0. The maximum Gasteiger partial charge on any atom is 0.263 e. The molecule has 2 rings (SSSR count). The number of halogens is 2. The van der Waals surface area contributed by atoms with Crippen LogP contribution in [0, 0.1) is 5.41 Å². The van der Waals surface area contributed by atoms with E-state index < -0.39 is 12.0 Å². The molecule has 0 unspecified atom stereocenters. The van der Waals surface area contributed by atoms with Crippen molar-refractivity contribution in [3.05, 3.63) is 0 Å². The van der Waals surface area contributed by atoms with Crippen molar-refractivity contribution >= 4 is 0 Å². The zero-order valence-corrected chi connectivity index (χ0v) is 6.45. The van der Waals surface area contributed by atoms with E-state index in [4.69, 9.17) is 5.73 Å². The van der Waals surface area contributed by atoms with Crippen LogP contribution in [0.1, 0.15) is 32.1 Å². The van der Waals surface area contributed by atoms with Crippen molar-refractivity contribution < 1.29 is 8.78 Å². The van der Waals surface area contributed by atoms with E-state index >= 15 is 0 Å². The van der Waals surface area contributed by atoms with Gasteiger partial charge < -0.3 is 5.73 Å². The average Bonchev–Trinajstić information content (AvgIpc) is 2.65. The van der Waals surface area contributed by atoms with E-state index in [9.17, 15) is 8.78 Å². The second kappa shape index (κ2) is 1.94. The van der Waals surface area contributed by atoms with Crippen LogP contribution in [0.4, 0.5) is 8.78 Å². The van der Waals surface area contributed by atoms with Crippen LogP contribution in [0.5, 0.6) is 0 Å². The van der Waals surface area contributed by atoms with Crippen molar-refractivity contribution in [2.45, 2.75) is 44.1 Å². The Bertz CT molecular complexity index is 169. The van der Waals surface area contributed by atoms with Gasteiger partial charge in [-0.2, -0.15) is 0 Å². The Labute approximate surface area is 65.0 Å². The SMILES string of the molecule is N[C@H]1C(F)(F)CCCC12CC2. The first-order valence-electron chi connectivity index (χ1n) is 4.20. The molecule has 2 aliphatic carbocycles. The summed E-state index contributed by atoms with van der Waals surface area (Å²) in [5.41, 5.74) is 5.35. The number of alkyl halides is 2. The molecule has 11 heavy (non-hydrogen) atoms. The lowest BCUT2D eigenvalue weighted by atomic mass is 9.79. The monoisotopic (exact) mass is 161 g/mol. The summed E-state index contributed by atoms with van der Waals surface area (Å²) >= 11 is 0. The third-order valence-electron chi connectivity index (χ3n) is 3.19. The standard InChI is InChI=1S/C8H13F2N/c9-8(10)3-1-2-7(4-5-7)6(8)11/h6H,1-5,11H2/t6-/m1/s1. The highest BCUT2D eigenvalue weighted by atomic mass is 19.3. The second-order valence-electron chi connectivity index (χ2n) is 3.95. The van der Waals surface area contributed by atoms with Crippen molar-refractivity contribution in [2.75, 3.05) is 0 Å². The molecule has 0 aromatic carbocycles. The predicted octanol–water partition coefficient (Wildman–Crippen LogP) is 1.91. The van der Waals surface area contributed by atoms with Crippen LogP contribution in [0.2, 0.25) is 0 Å². The van der Waals surface area contributed by atoms with Crippen LogP contribution in [-0.2, 0) is 0 Å². The van der Waals surface area contributed by atoms with Gasteiger partial charge in [-0.25, -0.2) is 8.78 Å². The minimum atomic E-state index is -2.59. The minimum absolute atomic E-state index is 0.00405. The van der Waals surface area contributed by atoms with Crippen LogP contribution in [-0.4, -0.2) is 12.0 Å².